The molecule has 1 aromatic heterocycles. The van der Waals surface area contributed by atoms with Gasteiger partial charge in [-0.2, -0.15) is 0 Å². The Morgan fingerprint density at radius 1 is 1.42 bits per heavy atom. The third-order valence-corrected chi connectivity index (χ3v) is 3.22. The van der Waals surface area contributed by atoms with Gasteiger partial charge in [-0.3, -0.25) is 4.68 Å². The SMILES string of the molecule is CSCn1c(=O)n(C)[n]([AlH2])c1=O. The van der Waals surface area contributed by atoms with E-state index < -0.39 is 0 Å². The molecule has 1 aromatic rings. The van der Waals surface area contributed by atoms with Crippen LogP contribution in [0.2, 0.25) is 0 Å². The molecular weight excluding hydrogens is 193 g/mol. The molecule has 7 heteroatoms. The third-order valence-electron chi connectivity index (χ3n) is 1.72. The van der Waals surface area contributed by atoms with Gasteiger partial charge in [0.2, 0.25) is 0 Å². The van der Waals surface area contributed by atoms with Crippen molar-refractivity contribution in [3.8, 4) is 0 Å². The standard InChI is InChI=1S/C5H9N3O2S.Al.2H/c1-7-5(10)8(3-11-2)4(9)6-7;;;/h3H2,1-2H3,(H,6,9);;;/q;+1;;/p-1. The van der Waals surface area contributed by atoms with Crippen molar-refractivity contribution in [2.45, 2.75) is 5.88 Å². The number of nitrogens with zero attached hydrogens (tertiary/aromatic N) is 3. The molecule has 0 aliphatic carbocycles. The minimum Gasteiger partial charge on any atom is -0.339 e. The van der Waals surface area contributed by atoms with E-state index in [4.69, 9.17) is 0 Å². The Balaban J connectivity index is 3.39. The van der Waals surface area contributed by atoms with Crippen LogP contribution in [0.4, 0.5) is 0 Å². The third kappa shape index (κ3) is 1.40. The van der Waals surface area contributed by atoms with Crippen LogP contribution >= 0.6 is 11.8 Å². The summed E-state index contributed by atoms with van der Waals surface area (Å²) in [7, 11) is 1.60. The highest BCUT2D eigenvalue weighted by atomic mass is 32.2. The van der Waals surface area contributed by atoms with Gasteiger partial charge in [0.1, 0.15) is 0 Å². The average molecular weight is 203 g/mol. The highest BCUT2D eigenvalue weighted by Crippen LogP contribution is 1.91. The van der Waals surface area contributed by atoms with E-state index in [1.165, 1.54) is 24.7 Å². The molecule has 0 aromatic carbocycles. The molecule has 12 heavy (non-hydrogen) atoms. The molecule has 1 rings (SSSR count). The topological polar surface area (TPSA) is 48.9 Å². The van der Waals surface area contributed by atoms with Crippen molar-refractivity contribution >= 4 is 28.3 Å². The number of aromatic nitrogens is 3. The fourth-order valence-corrected chi connectivity index (χ4v) is 1.82. The largest absolute Gasteiger partial charge is 0.403 e. The van der Waals surface area contributed by atoms with E-state index in [0.29, 0.717) is 22.4 Å². The Kier molecular flexibility index (Phi) is 2.88. The molecule has 1 heterocycles. The molecular formula is C5H10AlN3O2S. The molecule has 0 aliphatic rings. The lowest BCUT2D eigenvalue weighted by atomic mass is 11.0. The van der Waals surface area contributed by atoms with Crippen LogP contribution in [0, 0.1) is 0 Å². The minimum atomic E-state index is -0.232. The van der Waals surface area contributed by atoms with Crippen LogP contribution in [0.5, 0.6) is 0 Å². The number of hydrogen-bond acceptors (Lipinski definition) is 3. The molecule has 0 spiro atoms. The lowest BCUT2D eigenvalue weighted by Crippen LogP contribution is -2.27. The molecule has 66 valence electrons. The summed E-state index contributed by atoms with van der Waals surface area (Å²) in [5, 5.41) is 0. The van der Waals surface area contributed by atoms with E-state index in [0.717, 1.165) is 0 Å². The predicted molar refractivity (Wildman–Crippen MR) is 51.4 cm³/mol. The van der Waals surface area contributed by atoms with Gasteiger partial charge in [0, 0.05) is 7.05 Å². The summed E-state index contributed by atoms with van der Waals surface area (Å²) in [4.78, 5) is 22.6. The van der Waals surface area contributed by atoms with E-state index in [-0.39, 0.29) is 11.4 Å². The number of hydrogen-bond donors (Lipinski definition) is 0. The van der Waals surface area contributed by atoms with Crippen molar-refractivity contribution in [2.24, 2.45) is 7.05 Å². The molecule has 0 unspecified atom stereocenters. The zero-order valence-corrected chi connectivity index (χ0v) is 10.1. The zero-order valence-electron chi connectivity index (χ0n) is 7.27. The molecule has 0 atom stereocenters. The van der Waals surface area contributed by atoms with Crippen molar-refractivity contribution in [3.63, 3.8) is 0 Å². The zero-order chi connectivity index (χ0) is 9.30. The van der Waals surface area contributed by atoms with Crippen molar-refractivity contribution in [1.29, 1.82) is 0 Å². The fourth-order valence-electron chi connectivity index (χ4n) is 0.927. The van der Waals surface area contributed by atoms with Crippen molar-refractivity contribution in [2.75, 3.05) is 6.26 Å². The summed E-state index contributed by atoms with van der Waals surface area (Å²) in [6.07, 6.45) is 1.86. The summed E-state index contributed by atoms with van der Waals surface area (Å²) in [6, 6.07) is 0. The Morgan fingerprint density at radius 2 is 2.00 bits per heavy atom. The van der Waals surface area contributed by atoms with Crippen molar-refractivity contribution < 1.29 is 0 Å². The van der Waals surface area contributed by atoms with Crippen molar-refractivity contribution in [3.05, 3.63) is 21.0 Å². The predicted octanol–water partition coefficient (Wildman–Crippen LogP) is -1.93. The van der Waals surface area contributed by atoms with E-state index in [9.17, 15) is 9.59 Å². The summed E-state index contributed by atoms with van der Waals surface area (Å²) < 4.78 is 4.01. The van der Waals surface area contributed by atoms with E-state index in [2.05, 4.69) is 0 Å². The lowest BCUT2D eigenvalue weighted by molar-refractivity contribution is 0.674. The minimum absolute atomic E-state index is 0.205. The Bertz CT molecular complexity index is 357. The van der Waals surface area contributed by atoms with Crippen LogP contribution in [0.25, 0.3) is 0 Å². The number of rotatable bonds is 2. The average Bonchev–Trinajstić information content (AvgIpc) is 2.23. The summed E-state index contributed by atoms with van der Waals surface area (Å²) in [6.45, 7) is 0. The van der Waals surface area contributed by atoms with Gasteiger partial charge in [-0.05, 0) is 6.26 Å². The van der Waals surface area contributed by atoms with Crippen LogP contribution < -0.4 is 11.4 Å². The molecule has 0 saturated heterocycles. The van der Waals surface area contributed by atoms with Crippen LogP contribution in [0.3, 0.4) is 0 Å². The first-order chi connectivity index (χ1) is 5.59. The molecule has 0 fully saturated rings. The van der Waals surface area contributed by atoms with E-state index in [1.54, 1.807) is 7.05 Å². The number of thioether (sulfide) groups is 1. The first-order valence-corrected chi connectivity index (χ1v) is 5.70. The van der Waals surface area contributed by atoms with Crippen LogP contribution in [-0.2, 0) is 12.9 Å². The van der Waals surface area contributed by atoms with E-state index in [1.807, 2.05) is 6.26 Å². The van der Waals surface area contributed by atoms with Crippen LogP contribution in [0.1, 0.15) is 0 Å². The van der Waals surface area contributed by atoms with Gasteiger partial charge < -0.3 is 3.67 Å². The maximum absolute atomic E-state index is 11.3. The fraction of sp³-hybridized carbons (Fsp3) is 0.600. The highest BCUT2D eigenvalue weighted by Gasteiger charge is 2.07. The molecule has 0 amide bonds. The quantitative estimate of drug-likeness (QED) is 0.526. The smallest absolute Gasteiger partial charge is 0.339 e. The maximum atomic E-state index is 11.3. The first-order valence-electron chi connectivity index (χ1n) is 3.41. The Hall–Kier alpha value is -0.378. The molecule has 0 saturated carbocycles. The first kappa shape index (κ1) is 9.71. The maximum Gasteiger partial charge on any atom is 0.403 e. The molecule has 0 aliphatic heterocycles. The van der Waals surface area contributed by atoms with Crippen molar-refractivity contribution in [1.82, 2.24) is 12.9 Å². The molecule has 0 bridgehead atoms. The normalized spacial score (nSPS) is 10.5. The highest BCUT2D eigenvalue weighted by molar-refractivity contribution is 7.97. The Morgan fingerprint density at radius 3 is 2.33 bits per heavy atom. The molecule has 0 N–H and O–H groups in total. The van der Waals surface area contributed by atoms with E-state index >= 15 is 0 Å². The summed E-state index contributed by atoms with van der Waals surface area (Å²) >= 11 is 2.00. The second kappa shape index (κ2) is 3.56. The molecule has 5 nitrogen and oxygen atoms in total. The van der Waals surface area contributed by atoms with Gasteiger partial charge in [0.15, 0.2) is 0 Å². The Labute approximate surface area is 81.6 Å². The van der Waals surface area contributed by atoms with Gasteiger partial charge in [0.25, 0.3) is 0 Å². The monoisotopic (exact) mass is 203 g/mol. The second-order valence-electron chi connectivity index (χ2n) is 2.46. The lowest BCUT2D eigenvalue weighted by Gasteiger charge is -1.92. The van der Waals surface area contributed by atoms with Gasteiger partial charge in [0.05, 0.1) is 5.88 Å². The van der Waals surface area contributed by atoms with Crippen LogP contribution in [-0.4, -0.2) is 35.7 Å². The van der Waals surface area contributed by atoms with Gasteiger partial charge in [-0.1, -0.05) is 0 Å². The van der Waals surface area contributed by atoms with Gasteiger partial charge >= 0.3 is 27.9 Å². The summed E-state index contributed by atoms with van der Waals surface area (Å²) in [5.41, 5.74) is -0.437. The second-order valence-corrected chi connectivity index (χ2v) is 4.14. The summed E-state index contributed by atoms with van der Waals surface area (Å²) in [5.74, 6) is 0.431. The van der Waals surface area contributed by atoms with Crippen LogP contribution in [0.15, 0.2) is 9.59 Å². The molecule has 0 radical (unpaired) electrons. The van der Waals surface area contributed by atoms with Gasteiger partial charge in [-0.15, -0.1) is 11.8 Å². The van der Waals surface area contributed by atoms with Gasteiger partial charge in [-0.25, -0.2) is 14.2 Å².